The Hall–Kier alpha value is -2.13. The molecule has 1 amide bonds. The molecular weight excluding hydrogens is 256 g/mol. The standard InChI is InChI=1S/C14H18N4O2/c1-20-8-7-17-5-2-6-18(11-14(17)19)13-4-3-12(9-15)10-16-13/h3-4,10H,2,5-8,11H2,1H3. The number of carbonyl (C=O) groups excluding carboxylic acids is 1. The van der Waals surface area contributed by atoms with Crippen LogP contribution < -0.4 is 4.90 Å². The van der Waals surface area contributed by atoms with Crippen LogP contribution in [-0.4, -0.2) is 55.7 Å². The molecule has 0 spiro atoms. The first-order valence-electron chi connectivity index (χ1n) is 6.62. The number of carbonyl (C=O) groups is 1. The van der Waals surface area contributed by atoms with E-state index in [0.717, 1.165) is 25.3 Å². The quantitative estimate of drug-likeness (QED) is 0.806. The summed E-state index contributed by atoms with van der Waals surface area (Å²) in [6.45, 7) is 3.04. The van der Waals surface area contributed by atoms with Gasteiger partial charge in [-0.2, -0.15) is 5.26 Å². The van der Waals surface area contributed by atoms with Crippen molar-refractivity contribution in [1.82, 2.24) is 9.88 Å². The van der Waals surface area contributed by atoms with Gasteiger partial charge >= 0.3 is 0 Å². The molecule has 1 fully saturated rings. The van der Waals surface area contributed by atoms with Crippen LogP contribution in [0.3, 0.4) is 0 Å². The van der Waals surface area contributed by atoms with Crippen LogP contribution >= 0.6 is 0 Å². The number of amides is 1. The number of hydrogen-bond donors (Lipinski definition) is 0. The number of rotatable bonds is 4. The average molecular weight is 274 g/mol. The van der Waals surface area contributed by atoms with Gasteiger partial charge in [0, 0.05) is 32.9 Å². The van der Waals surface area contributed by atoms with Gasteiger partial charge in [0.15, 0.2) is 0 Å². The molecule has 0 aliphatic carbocycles. The minimum Gasteiger partial charge on any atom is -0.383 e. The zero-order valence-electron chi connectivity index (χ0n) is 11.6. The minimum absolute atomic E-state index is 0.0886. The van der Waals surface area contributed by atoms with Gasteiger partial charge in [-0.15, -0.1) is 0 Å². The smallest absolute Gasteiger partial charge is 0.242 e. The van der Waals surface area contributed by atoms with E-state index in [0.29, 0.717) is 25.3 Å². The lowest BCUT2D eigenvalue weighted by Gasteiger charge is -2.22. The van der Waals surface area contributed by atoms with E-state index in [-0.39, 0.29) is 5.91 Å². The fourth-order valence-corrected chi connectivity index (χ4v) is 2.19. The van der Waals surface area contributed by atoms with Gasteiger partial charge in [0.2, 0.25) is 5.91 Å². The van der Waals surface area contributed by atoms with Crippen molar-refractivity contribution in [3.05, 3.63) is 23.9 Å². The highest BCUT2D eigenvalue weighted by molar-refractivity contribution is 5.81. The molecule has 2 rings (SSSR count). The number of aromatic nitrogens is 1. The lowest BCUT2D eigenvalue weighted by molar-refractivity contribution is -0.129. The molecule has 1 saturated heterocycles. The van der Waals surface area contributed by atoms with Crippen LogP contribution in [0.1, 0.15) is 12.0 Å². The zero-order chi connectivity index (χ0) is 14.4. The SMILES string of the molecule is COCCN1CCCN(c2ccc(C#N)cn2)CC1=O. The Morgan fingerprint density at radius 3 is 2.95 bits per heavy atom. The number of anilines is 1. The maximum Gasteiger partial charge on any atom is 0.242 e. The van der Waals surface area contributed by atoms with Crippen molar-refractivity contribution in [1.29, 1.82) is 5.26 Å². The lowest BCUT2D eigenvalue weighted by Crippen LogP contribution is -2.38. The number of hydrogen-bond acceptors (Lipinski definition) is 5. The Morgan fingerprint density at radius 1 is 1.45 bits per heavy atom. The van der Waals surface area contributed by atoms with E-state index in [9.17, 15) is 4.79 Å². The molecule has 1 aliphatic rings. The maximum atomic E-state index is 12.2. The summed E-state index contributed by atoms with van der Waals surface area (Å²) in [6.07, 6.45) is 2.44. The minimum atomic E-state index is 0.0886. The molecule has 0 radical (unpaired) electrons. The Balaban J connectivity index is 2.03. The van der Waals surface area contributed by atoms with Gasteiger partial charge in [-0.1, -0.05) is 0 Å². The first kappa shape index (κ1) is 14.3. The Morgan fingerprint density at radius 2 is 2.30 bits per heavy atom. The van der Waals surface area contributed by atoms with E-state index >= 15 is 0 Å². The Bertz CT molecular complexity index is 495. The number of nitriles is 1. The van der Waals surface area contributed by atoms with Gasteiger partial charge in [-0.25, -0.2) is 4.98 Å². The predicted octanol–water partition coefficient (Wildman–Crippen LogP) is 0.638. The topological polar surface area (TPSA) is 69.5 Å². The predicted molar refractivity (Wildman–Crippen MR) is 74.2 cm³/mol. The van der Waals surface area contributed by atoms with Crippen LogP contribution in [0.2, 0.25) is 0 Å². The molecule has 0 atom stereocenters. The molecule has 1 aromatic rings. The molecule has 106 valence electrons. The van der Waals surface area contributed by atoms with Crippen molar-refractivity contribution in [3.63, 3.8) is 0 Å². The summed E-state index contributed by atoms with van der Waals surface area (Å²) in [4.78, 5) is 20.2. The van der Waals surface area contributed by atoms with E-state index < -0.39 is 0 Å². The van der Waals surface area contributed by atoms with Crippen LogP contribution in [-0.2, 0) is 9.53 Å². The zero-order valence-corrected chi connectivity index (χ0v) is 11.6. The number of methoxy groups -OCH3 is 1. The Kier molecular flexibility index (Phi) is 4.91. The fraction of sp³-hybridized carbons (Fsp3) is 0.500. The van der Waals surface area contributed by atoms with Crippen LogP contribution in [0.5, 0.6) is 0 Å². The number of nitrogens with zero attached hydrogens (tertiary/aromatic N) is 4. The highest BCUT2D eigenvalue weighted by Gasteiger charge is 2.22. The van der Waals surface area contributed by atoms with E-state index in [4.69, 9.17) is 10.00 Å². The van der Waals surface area contributed by atoms with E-state index in [1.165, 1.54) is 6.20 Å². The second-order valence-electron chi connectivity index (χ2n) is 4.67. The highest BCUT2D eigenvalue weighted by atomic mass is 16.5. The average Bonchev–Trinajstić information content (AvgIpc) is 2.67. The van der Waals surface area contributed by atoms with Gasteiger partial charge in [0.25, 0.3) is 0 Å². The van der Waals surface area contributed by atoms with Gasteiger partial charge < -0.3 is 14.5 Å². The molecule has 20 heavy (non-hydrogen) atoms. The third-order valence-corrected chi connectivity index (χ3v) is 3.30. The summed E-state index contributed by atoms with van der Waals surface area (Å²) in [5.74, 6) is 0.830. The molecule has 6 nitrogen and oxygen atoms in total. The fourth-order valence-electron chi connectivity index (χ4n) is 2.19. The molecule has 1 aliphatic heterocycles. The first-order valence-corrected chi connectivity index (χ1v) is 6.62. The second kappa shape index (κ2) is 6.87. The molecule has 0 unspecified atom stereocenters. The second-order valence-corrected chi connectivity index (χ2v) is 4.67. The van der Waals surface area contributed by atoms with Crippen molar-refractivity contribution < 1.29 is 9.53 Å². The summed E-state index contributed by atoms with van der Waals surface area (Å²) < 4.78 is 5.02. The molecule has 2 heterocycles. The first-order chi connectivity index (χ1) is 9.74. The molecule has 0 aromatic carbocycles. The maximum absolute atomic E-state index is 12.2. The summed E-state index contributed by atoms with van der Waals surface area (Å²) in [7, 11) is 1.63. The Labute approximate surface area is 118 Å². The van der Waals surface area contributed by atoms with E-state index in [1.807, 2.05) is 15.9 Å². The summed E-state index contributed by atoms with van der Waals surface area (Å²) in [5.41, 5.74) is 0.525. The van der Waals surface area contributed by atoms with Gasteiger partial charge in [-0.3, -0.25) is 4.79 Å². The number of pyridine rings is 1. The molecule has 0 N–H and O–H groups in total. The van der Waals surface area contributed by atoms with Crippen LogP contribution in [0, 0.1) is 11.3 Å². The van der Waals surface area contributed by atoms with Crippen molar-refractivity contribution in [3.8, 4) is 6.07 Å². The lowest BCUT2D eigenvalue weighted by atomic mass is 10.3. The summed E-state index contributed by atoms with van der Waals surface area (Å²) >= 11 is 0. The summed E-state index contributed by atoms with van der Waals surface area (Å²) in [5, 5.41) is 8.77. The summed E-state index contributed by atoms with van der Waals surface area (Å²) in [6, 6.07) is 5.55. The molecule has 6 heteroatoms. The largest absolute Gasteiger partial charge is 0.383 e. The molecule has 0 saturated carbocycles. The van der Waals surface area contributed by atoms with Crippen molar-refractivity contribution in [2.24, 2.45) is 0 Å². The van der Waals surface area contributed by atoms with Crippen LogP contribution in [0.15, 0.2) is 18.3 Å². The molecule has 0 bridgehead atoms. The monoisotopic (exact) mass is 274 g/mol. The van der Waals surface area contributed by atoms with Crippen molar-refractivity contribution in [2.45, 2.75) is 6.42 Å². The van der Waals surface area contributed by atoms with Gasteiger partial charge in [0.05, 0.1) is 18.7 Å². The van der Waals surface area contributed by atoms with Crippen molar-refractivity contribution in [2.75, 3.05) is 44.8 Å². The molecular formula is C14H18N4O2. The van der Waals surface area contributed by atoms with Gasteiger partial charge in [-0.05, 0) is 18.6 Å². The third kappa shape index (κ3) is 3.45. The van der Waals surface area contributed by atoms with E-state index in [2.05, 4.69) is 4.98 Å². The normalized spacial score (nSPS) is 15.9. The van der Waals surface area contributed by atoms with Crippen LogP contribution in [0.25, 0.3) is 0 Å². The molecule has 1 aromatic heterocycles. The van der Waals surface area contributed by atoms with Crippen LogP contribution in [0.4, 0.5) is 5.82 Å². The highest BCUT2D eigenvalue weighted by Crippen LogP contribution is 2.14. The number of ether oxygens (including phenoxy) is 1. The third-order valence-electron chi connectivity index (χ3n) is 3.30. The van der Waals surface area contributed by atoms with Gasteiger partial charge in [0.1, 0.15) is 11.9 Å². The van der Waals surface area contributed by atoms with Crippen molar-refractivity contribution >= 4 is 11.7 Å². The van der Waals surface area contributed by atoms with E-state index in [1.54, 1.807) is 19.2 Å².